The van der Waals surface area contributed by atoms with E-state index in [0.717, 1.165) is 28.2 Å². The van der Waals surface area contributed by atoms with Crippen LogP contribution >= 0.6 is 11.6 Å². The predicted octanol–water partition coefficient (Wildman–Crippen LogP) is 4.49. The Hall–Kier alpha value is -1.28. The van der Waals surface area contributed by atoms with Crippen molar-refractivity contribution in [3.8, 4) is 0 Å². The van der Waals surface area contributed by atoms with Gasteiger partial charge >= 0.3 is 0 Å². The number of halogens is 1. The van der Waals surface area contributed by atoms with Crippen LogP contribution in [0.4, 0.5) is 5.69 Å². The molecule has 3 rings (SSSR count). The van der Waals surface area contributed by atoms with Gasteiger partial charge in [-0.3, -0.25) is 4.98 Å². The summed E-state index contributed by atoms with van der Waals surface area (Å²) in [5, 5.41) is 5.46. The van der Waals surface area contributed by atoms with Gasteiger partial charge in [-0.05, 0) is 48.9 Å². The van der Waals surface area contributed by atoms with Crippen LogP contribution in [0.1, 0.15) is 26.2 Å². The van der Waals surface area contributed by atoms with Gasteiger partial charge in [0.1, 0.15) is 0 Å². The molecule has 0 saturated heterocycles. The maximum absolute atomic E-state index is 5.99. The number of hydrogen-bond donors (Lipinski definition) is 1. The molecule has 1 heterocycles. The van der Waals surface area contributed by atoms with Crippen molar-refractivity contribution in [3.05, 3.63) is 35.5 Å². The number of rotatable bonds is 4. The largest absolute Gasteiger partial charge is 0.384 e. The van der Waals surface area contributed by atoms with Crippen molar-refractivity contribution in [2.75, 3.05) is 11.9 Å². The van der Waals surface area contributed by atoms with Crippen molar-refractivity contribution in [2.24, 2.45) is 5.41 Å². The molecule has 1 saturated carbocycles. The number of hydrogen-bond acceptors (Lipinski definition) is 2. The molecule has 1 aromatic carbocycles. The molecule has 1 aliphatic rings. The molecule has 0 unspecified atom stereocenters. The minimum Gasteiger partial charge on any atom is -0.384 e. The number of aromatic nitrogens is 1. The Kier molecular flexibility index (Phi) is 2.90. The number of nitrogens with zero attached hydrogens (tertiary/aromatic N) is 1. The smallest absolute Gasteiger partial charge is 0.0737 e. The molecule has 0 aliphatic heterocycles. The fraction of sp³-hybridized carbons (Fsp3) is 0.400. The second-order valence-electron chi connectivity index (χ2n) is 5.23. The van der Waals surface area contributed by atoms with E-state index in [0.29, 0.717) is 5.41 Å². The van der Waals surface area contributed by atoms with Gasteiger partial charge in [0.05, 0.1) is 5.52 Å². The summed E-state index contributed by atoms with van der Waals surface area (Å²) in [4.78, 5) is 4.36. The Bertz CT molecular complexity index is 576. The molecule has 0 spiro atoms. The molecule has 18 heavy (non-hydrogen) atoms. The van der Waals surface area contributed by atoms with E-state index in [-0.39, 0.29) is 0 Å². The highest BCUT2D eigenvalue weighted by atomic mass is 35.5. The maximum atomic E-state index is 5.99. The van der Waals surface area contributed by atoms with Crippen LogP contribution in [-0.2, 0) is 0 Å². The van der Waals surface area contributed by atoms with Crippen LogP contribution in [0.2, 0.25) is 5.02 Å². The zero-order chi connectivity index (χ0) is 12.6. The van der Waals surface area contributed by atoms with Gasteiger partial charge in [-0.25, -0.2) is 0 Å². The van der Waals surface area contributed by atoms with Crippen LogP contribution in [0.5, 0.6) is 0 Å². The van der Waals surface area contributed by atoms with Crippen molar-refractivity contribution >= 4 is 28.2 Å². The van der Waals surface area contributed by atoms with Crippen LogP contribution in [0.3, 0.4) is 0 Å². The third-order valence-electron chi connectivity index (χ3n) is 4.07. The molecule has 1 N–H and O–H groups in total. The number of nitrogens with one attached hydrogen (secondary N) is 1. The predicted molar refractivity (Wildman–Crippen MR) is 77.2 cm³/mol. The number of anilines is 1. The zero-order valence-corrected chi connectivity index (χ0v) is 11.3. The Balaban J connectivity index is 1.87. The van der Waals surface area contributed by atoms with E-state index in [1.165, 1.54) is 19.3 Å². The summed E-state index contributed by atoms with van der Waals surface area (Å²) in [6, 6.07) is 7.92. The van der Waals surface area contributed by atoms with E-state index in [4.69, 9.17) is 11.6 Å². The highest BCUT2D eigenvalue weighted by Crippen LogP contribution is 2.48. The molecule has 1 aromatic heterocycles. The van der Waals surface area contributed by atoms with Gasteiger partial charge in [0.15, 0.2) is 0 Å². The van der Waals surface area contributed by atoms with Gasteiger partial charge in [0.25, 0.3) is 0 Å². The molecule has 2 nitrogen and oxygen atoms in total. The summed E-state index contributed by atoms with van der Waals surface area (Å²) in [6.07, 6.45) is 5.80. The normalized spacial score (nSPS) is 16.8. The number of fused-ring (bicyclic) bond motifs is 1. The Labute approximate surface area is 112 Å². The average Bonchev–Trinajstić information content (AvgIpc) is 3.16. The van der Waals surface area contributed by atoms with Gasteiger partial charge in [-0.2, -0.15) is 0 Å². The van der Waals surface area contributed by atoms with Crippen LogP contribution in [-0.4, -0.2) is 11.5 Å². The summed E-state index contributed by atoms with van der Waals surface area (Å²) < 4.78 is 0. The molecule has 2 aromatic rings. The SMILES string of the molecule is CCC1(CNc2ccnc3cc(Cl)ccc23)CC1. The lowest BCUT2D eigenvalue weighted by Crippen LogP contribution is -2.14. The van der Waals surface area contributed by atoms with Crippen molar-refractivity contribution in [3.63, 3.8) is 0 Å². The van der Waals surface area contributed by atoms with Crippen molar-refractivity contribution in [1.82, 2.24) is 4.98 Å². The van der Waals surface area contributed by atoms with Crippen molar-refractivity contribution < 1.29 is 0 Å². The second kappa shape index (κ2) is 4.43. The fourth-order valence-electron chi connectivity index (χ4n) is 2.39. The third-order valence-corrected chi connectivity index (χ3v) is 4.30. The molecular weight excluding hydrogens is 244 g/mol. The Morgan fingerprint density at radius 2 is 2.17 bits per heavy atom. The fourth-order valence-corrected chi connectivity index (χ4v) is 2.56. The first-order chi connectivity index (χ1) is 8.72. The van der Waals surface area contributed by atoms with Crippen molar-refractivity contribution in [1.29, 1.82) is 0 Å². The quantitative estimate of drug-likeness (QED) is 0.876. The third kappa shape index (κ3) is 2.17. The van der Waals surface area contributed by atoms with E-state index in [1.54, 1.807) is 0 Å². The summed E-state index contributed by atoms with van der Waals surface area (Å²) in [6.45, 7) is 3.34. The maximum Gasteiger partial charge on any atom is 0.0737 e. The van der Waals surface area contributed by atoms with E-state index in [9.17, 15) is 0 Å². The lowest BCUT2D eigenvalue weighted by atomic mass is 10.0. The van der Waals surface area contributed by atoms with Crippen LogP contribution in [0.15, 0.2) is 30.5 Å². The summed E-state index contributed by atoms with van der Waals surface area (Å²) >= 11 is 5.99. The zero-order valence-electron chi connectivity index (χ0n) is 10.5. The van der Waals surface area contributed by atoms with E-state index in [2.05, 4.69) is 17.2 Å². The van der Waals surface area contributed by atoms with Gasteiger partial charge in [-0.15, -0.1) is 0 Å². The van der Waals surface area contributed by atoms with Crippen LogP contribution in [0, 0.1) is 5.41 Å². The molecular formula is C15H17ClN2. The monoisotopic (exact) mass is 260 g/mol. The molecule has 3 heteroatoms. The summed E-state index contributed by atoms with van der Waals surface area (Å²) in [5.74, 6) is 0. The molecule has 0 amide bonds. The summed E-state index contributed by atoms with van der Waals surface area (Å²) in [7, 11) is 0. The van der Waals surface area contributed by atoms with Gasteiger partial charge < -0.3 is 5.32 Å². The standard InChI is InChI=1S/C15H17ClN2/c1-2-15(6-7-15)10-18-13-5-8-17-14-9-11(16)3-4-12(13)14/h3-5,8-9H,2,6-7,10H2,1H3,(H,17,18). The molecule has 0 bridgehead atoms. The Morgan fingerprint density at radius 3 is 2.89 bits per heavy atom. The lowest BCUT2D eigenvalue weighted by Gasteiger charge is -2.15. The topological polar surface area (TPSA) is 24.9 Å². The highest BCUT2D eigenvalue weighted by molar-refractivity contribution is 6.31. The lowest BCUT2D eigenvalue weighted by molar-refractivity contribution is 0.522. The van der Waals surface area contributed by atoms with Gasteiger partial charge in [0.2, 0.25) is 0 Å². The molecule has 0 atom stereocenters. The van der Waals surface area contributed by atoms with E-state index >= 15 is 0 Å². The first-order valence-electron chi connectivity index (χ1n) is 6.51. The van der Waals surface area contributed by atoms with Crippen LogP contribution in [0.25, 0.3) is 10.9 Å². The minimum atomic E-state index is 0.544. The van der Waals surface area contributed by atoms with Crippen LogP contribution < -0.4 is 5.32 Å². The van der Waals surface area contributed by atoms with E-state index in [1.807, 2.05) is 30.5 Å². The van der Waals surface area contributed by atoms with Gasteiger partial charge in [0, 0.05) is 28.8 Å². The number of pyridine rings is 1. The first kappa shape index (κ1) is 11.8. The summed E-state index contributed by atoms with van der Waals surface area (Å²) in [5.41, 5.74) is 2.66. The molecule has 1 aliphatic carbocycles. The molecule has 0 radical (unpaired) electrons. The number of benzene rings is 1. The molecule has 94 valence electrons. The average molecular weight is 261 g/mol. The van der Waals surface area contributed by atoms with E-state index < -0.39 is 0 Å². The molecule has 1 fully saturated rings. The highest BCUT2D eigenvalue weighted by Gasteiger charge is 2.40. The van der Waals surface area contributed by atoms with Gasteiger partial charge in [-0.1, -0.05) is 18.5 Å². The minimum absolute atomic E-state index is 0.544. The second-order valence-corrected chi connectivity index (χ2v) is 5.66. The first-order valence-corrected chi connectivity index (χ1v) is 6.88. The Morgan fingerprint density at radius 1 is 1.33 bits per heavy atom. The van der Waals surface area contributed by atoms with Crippen molar-refractivity contribution in [2.45, 2.75) is 26.2 Å².